The third kappa shape index (κ3) is 3.31. The second kappa shape index (κ2) is 6.60. The number of hydrogen-bond acceptors (Lipinski definition) is 5. The van der Waals surface area contributed by atoms with E-state index < -0.39 is 24.2 Å². The van der Waals surface area contributed by atoms with Gasteiger partial charge in [0.2, 0.25) is 0 Å². The Bertz CT molecular complexity index is 967. The number of aromatic nitrogens is 2. The molecular formula is C16H13F3N2O3S2. The van der Waals surface area contributed by atoms with Crippen LogP contribution in [-0.4, -0.2) is 31.7 Å². The van der Waals surface area contributed by atoms with Gasteiger partial charge in [0.1, 0.15) is 0 Å². The number of hydrogen-bond donors (Lipinski definition) is 2. The highest BCUT2D eigenvalue weighted by atomic mass is 32.2. The lowest BCUT2D eigenvalue weighted by atomic mass is 9.99. The summed E-state index contributed by atoms with van der Waals surface area (Å²) in [6.45, 7) is 1.26. The second-order valence-corrected chi connectivity index (χ2v) is 7.88. The summed E-state index contributed by atoms with van der Waals surface area (Å²) in [6, 6.07) is 4.92. The fourth-order valence-electron chi connectivity index (χ4n) is 2.38. The van der Waals surface area contributed by atoms with E-state index in [1.54, 1.807) is 22.7 Å². The van der Waals surface area contributed by atoms with Crippen molar-refractivity contribution in [2.75, 3.05) is 0 Å². The van der Waals surface area contributed by atoms with Crippen molar-refractivity contribution >= 4 is 34.6 Å². The van der Waals surface area contributed by atoms with E-state index in [4.69, 9.17) is 5.11 Å². The van der Waals surface area contributed by atoms with E-state index in [0.717, 1.165) is 29.3 Å². The molecule has 0 bridgehead atoms. The third-order valence-electron chi connectivity index (χ3n) is 3.89. The molecule has 3 rings (SSSR count). The van der Waals surface area contributed by atoms with Gasteiger partial charge in [-0.25, -0.2) is 9.78 Å². The average molecular weight is 402 g/mol. The molecule has 0 saturated carbocycles. The van der Waals surface area contributed by atoms with Crippen LogP contribution in [0.4, 0.5) is 13.2 Å². The van der Waals surface area contributed by atoms with Crippen molar-refractivity contribution in [2.24, 2.45) is 0 Å². The number of alkyl halides is 3. The molecule has 0 aliphatic heterocycles. The summed E-state index contributed by atoms with van der Waals surface area (Å²) in [7, 11) is 0. The zero-order valence-corrected chi connectivity index (χ0v) is 15.0. The molecule has 0 radical (unpaired) electrons. The van der Waals surface area contributed by atoms with E-state index in [-0.39, 0.29) is 10.4 Å². The summed E-state index contributed by atoms with van der Waals surface area (Å²) >= 11 is 1.93. The van der Waals surface area contributed by atoms with Crippen molar-refractivity contribution in [3.63, 3.8) is 0 Å². The second-order valence-electron chi connectivity index (χ2n) is 5.53. The minimum atomic E-state index is -4.78. The molecule has 0 amide bonds. The topological polar surface area (TPSA) is 74.8 Å². The van der Waals surface area contributed by atoms with E-state index >= 15 is 0 Å². The van der Waals surface area contributed by atoms with Crippen molar-refractivity contribution in [1.82, 2.24) is 9.38 Å². The van der Waals surface area contributed by atoms with Crippen LogP contribution in [0, 0.1) is 0 Å². The Morgan fingerprint density at radius 1 is 1.38 bits per heavy atom. The minimum absolute atomic E-state index is 0.141. The molecule has 1 unspecified atom stereocenters. The van der Waals surface area contributed by atoms with Crippen LogP contribution >= 0.6 is 23.1 Å². The van der Waals surface area contributed by atoms with Crippen LogP contribution in [0.15, 0.2) is 46.0 Å². The molecule has 1 atom stereocenters. The Morgan fingerprint density at radius 2 is 2.12 bits per heavy atom. The number of carboxylic acid groups (broad SMARTS) is 1. The molecule has 0 fully saturated rings. The van der Waals surface area contributed by atoms with Crippen molar-refractivity contribution in [1.29, 1.82) is 0 Å². The highest BCUT2D eigenvalue weighted by molar-refractivity contribution is 8.01. The monoisotopic (exact) mass is 402 g/mol. The Labute approximate surface area is 154 Å². The molecule has 10 heteroatoms. The van der Waals surface area contributed by atoms with Gasteiger partial charge in [-0.3, -0.25) is 0 Å². The molecule has 2 N–H and O–H groups in total. The molecule has 0 aromatic carbocycles. The summed E-state index contributed by atoms with van der Waals surface area (Å²) < 4.78 is 41.4. The maximum absolute atomic E-state index is 13.1. The van der Waals surface area contributed by atoms with Crippen molar-refractivity contribution in [2.45, 2.75) is 34.4 Å². The van der Waals surface area contributed by atoms with Crippen molar-refractivity contribution in [3.8, 4) is 0 Å². The lowest BCUT2D eigenvalue weighted by Gasteiger charge is -2.27. The van der Waals surface area contributed by atoms with Gasteiger partial charge in [-0.1, -0.05) is 18.7 Å². The Kier molecular flexibility index (Phi) is 4.76. The SMILES string of the molecule is CCC(O)(c1cnc(Sc2ccn3cc(C(=O)O)cc3c2)s1)C(F)(F)F. The number of carboxylic acids is 1. The smallest absolute Gasteiger partial charge is 0.422 e. The van der Waals surface area contributed by atoms with Crippen LogP contribution in [0.5, 0.6) is 0 Å². The van der Waals surface area contributed by atoms with Crippen LogP contribution in [-0.2, 0) is 5.60 Å². The van der Waals surface area contributed by atoms with E-state index in [0.29, 0.717) is 14.8 Å². The molecule has 0 spiro atoms. The first kappa shape index (κ1) is 18.7. The summed E-state index contributed by atoms with van der Waals surface area (Å²) in [6.07, 6.45) is -1.11. The van der Waals surface area contributed by atoms with Gasteiger partial charge in [-0.05, 0) is 24.6 Å². The largest absolute Gasteiger partial charge is 0.478 e. The first-order valence-corrected chi connectivity index (χ1v) is 9.05. The van der Waals surface area contributed by atoms with Crippen LogP contribution < -0.4 is 0 Å². The normalized spacial score (nSPS) is 14.5. The van der Waals surface area contributed by atoms with Gasteiger partial charge >= 0.3 is 12.1 Å². The zero-order valence-electron chi connectivity index (χ0n) is 13.3. The van der Waals surface area contributed by atoms with Gasteiger partial charge in [-0.2, -0.15) is 13.2 Å². The maximum Gasteiger partial charge on any atom is 0.422 e. The number of rotatable bonds is 5. The van der Waals surface area contributed by atoms with Crippen LogP contribution in [0.1, 0.15) is 28.6 Å². The lowest BCUT2D eigenvalue weighted by molar-refractivity contribution is -0.266. The fraction of sp³-hybridized carbons (Fsp3) is 0.250. The van der Waals surface area contributed by atoms with Crippen LogP contribution in [0.25, 0.3) is 5.52 Å². The first-order valence-electron chi connectivity index (χ1n) is 7.42. The zero-order chi connectivity index (χ0) is 19.1. The minimum Gasteiger partial charge on any atom is -0.478 e. The van der Waals surface area contributed by atoms with Gasteiger partial charge in [0, 0.05) is 29.0 Å². The van der Waals surface area contributed by atoms with Gasteiger partial charge in [-0.15, -0.1) is 11.3 Å². The number of aliphatic hydroxyl groups is 1. The number of aromatic carboxylic acids is 1. The number of halogens is 3. The van der Waals surface area contributed by atoms with Gasteiger partial charge in [0.15, 0.2) is 9.94 Å². The van der Waals surface area contributed by atoms with Crippen molar-refractivity contribution < 1.29 is 28.2 Å². The molecule has 3 heterocycles. The summed E-state index contributed by atoms with van der Waals surface area (Å²) in [5.41, 5.74) is -2.13. The molecule has 3 aromatic rings. The van der Waals surface area contributed by atoms with Gasteiger partial charge in [0.05, 0.1) is 10.4 Å². The Hall–Kier alpha value is -2.04. The van der Waals surface area contributed by atoms with E-state index in [9.17, 15) is 23.1 Å². The Balaban J connectivity index is 1.87. The number of nitrogens with zero attached hydrogens (tertiary/aromatic N) is 2. The number of fused-ring (bicyclic) bond motifs is 1. The Morgan fingerprint density at radius 3 is 2.73 bits per heavy atom. The quantitative estimate of drug-likeness (QED) is 0.662. The van der Waals surface area contributed by atoms with E-state index in [1.165, 1.54) is 19.2 Å². The molecule has 0 aliphatic rings. The molecule has 26 heavy (non-hydrogen) atoms. The van der Waals surface area contributed by atoms with Gasteiger partial charge in [0.25, 0.3) is 0 Å². The highest BCUT2D eigenvalue weighted by Crippen LogP contribution is 2.45. The molecular weight excluding hydrogens is 389 g/mol. The lowest BCUT2D eigenvalue weighted by Crippen LogP contribution is -2.40. The molecule has 5 nitrogen and oxygen atoms in total. The standard InChI is InChI=1S/C16H13F3N2O3S2/c1-2-15(24,16(17,18)19)12-7-20-14(26-12)25-11-3-4-21-8-9(13(22)23)5-10(21)6-11/h3-8,24H,2H2,1H3,(H,22,23). The first-order chi connectivity index (χ1) is 12.1. The summed E-state index contributed by atoms with van der Waals surface area (Å²) in [5.74, 6) is -1.04. The third-order valence-corrected chi connectivity index (χ3v) is 6.11. The van der Waals surface area contributed by atoms with Crippen molar-refractivity contribution in [3.05, 3.63) is 47.2 Å². The van der Waals surface area contributed by atoms with E-state index in [1.807, 2.05) is 0 Å². The fourth-order valence-corrected chi connectivity index (χ4v) is 4.55. The van der Waals surface area contributed by atoms with Crippen LogP contribution in [0.2, 0.25) is 0 Å². The maximum atomic E-state index is 13.1. The number of thiazole rings is 1. The average Bonchev–Trinajstić information content (AvgIpc) is 3.19. The van der Waals surface area contributed by atoms with Crippen LogP contribution in [0.3, 0.4) is 0 Å². The van der Waals surface area contributed by atoms with Gasteiger partial charge < -0.3 is 14.6 Å². The molecule has 3 aromatic heterocycles. The summed E-state index contributed by atoms with van der Waals surface area (Å²) in [4.78, 5) is 15.4. The molecule has 0 saturated heterocycles. The molecule has 0 aliphatic carbocycles. The van der Waals surface area contributed by atoms with E-state index in [2.05, 4.69) is 4.98 Å². The number of pyridine rings is 1. The molecule has 138 valence electrons. The highest BCUT2D eigenvalue weighted by Gasteiger charge is 2.54. The predicted molar refractivity (Wildman–Crippen MR) is 90.8 cm³/mol. The number of carbonyl (C=O) groups is 1. The summed E-state index contributed by atoms with van der Waals surface area (Å²) in [5, 5.41) is 19.0. The predicted octanol–water partition coefficient (Wildman–Crippen LogP) is 4.41.